The van der Waals surface area contributed by atoms with Gasteiger partial charge in [-0.3, -0.25) is 19.1 Å². The van der Waals surface area contributed by atoms with Crippen LogP contribution in [0.4, 0.5) is 0 Å². The SMILES string of the molecule is Cc1nn(C)c(C)c1CCC(=O)N1CCC2(CCCCOCCCNC(=O)[C@H](C)NC2=O)CC1. The molecule has 0 aliphatic carbocycles. The summed E-state index contributed by atoms with van der Waals surface area (Å²) >= 11 is 0. The van der Waals surface area contributed by atoms with Gasteiger partial charge in [0.05, 0.1) is 11.1 Å². The van der Waals surface area contributed by atoms with Gasteiger partial charge in [0.25, 0.3) is 0 Å². The van der Waals surface area contributed by atoms with Gasteiger partial charge in [0.1, 0.15) is 6.04 Å². The molecule has 0 aromatic carbocycles. The van der Waals surface area contributed by atoms with E-state index < -0.39 is 11.5 Å². The van der Waals surface area contributed by atoms with E-state index in [2.05, 4.69) is 15.7 Å². The number of amides is 3. The molecule has 0 saturated carbocycles. The molecular weight excluding hydrogens is 434 g/mol. The van der Waals surface area contributed by atoms with Gasteiger partial charge in [0.15, 0.2) is 0 Å². The van der Waals surface area contributed by atoms with Crippen LogP contribution in [0.1, 0.15) is 68.8 Å². The fourth-order valence-electron chi connectivity index (χ4n) is 5.07. The lowest BCUT2D eigenvalue weighted by Crippen LogP contribution is -2.54. The number of aryl methyl sites for hydroxylation is 2. The summed E-state index contributed by atoms with van der Waals surface area (Å²) in [5.74, 6) is -0.115. The molecule has 1 atom stereocenters. The minimum Gasteiger partial charge on any atom is -0.381 e. The Morgan fingerprint density at radius 1 is 1.12 bits per heavy atom. The molecule has 3 heterocycles. The number of rotatable bonds is 3. The highest BCUT2D eigenvalue weighted by molar-refractivity contribution is 5.90. The summed E-state index contributed by atoms with van der Waals surface area (Å²) in [5, 5.41) is 10.3. The van der Waals surface area contributed by atoms with E-state index in [9.17, 15) is 14.4 Å². The number of ether oxygens (including phenoxy) is 1. The lowest BCUT2D eigenvalue weighted by molar-refractivity contribution is -0.142. The predicted octanol–water partition coefficient (Wildman–Crippen LogP) is 1.79. The standard InChI is InChI=1S/C25H41N5O4/c1-18-21(20(3)29(4)28-18)8-9-22(31)30-14-11-25(12-15-30)10-5-6-16-34-17-7-13-26-23(32)19(2)27-24(25)33/h19H,5-17H2,1-4H3,(H,26,32)(H,27,33)/t19-/m0/s1. The zero-order chi connectivity index (χ0) is 24.7. The van der Waals surface area contributed by atoms with E-state index in [1.807, 2.05) is 30.5 Å². The third-order valence-electron chi connectivity index (χ3n) is 7.50. The molecule has 9 heteroatoms. The van der Waals surface area contributed by atoms with Crippen LogP contribution in [0.3, 0.4) is 0 Å². The number of carbonyl (C=O) groups is 3. The molecule has 2 aliphatic rings. The lowest BCUT2D eigenvalue weighted by atomic mass is 9.73. The Morgan fingerprint density at radius 3 is 2.50 bits per heavy atom. The number of carbonyl (C=O) groups excluding carboxylic acids is 3. The minimum absolute atomic E-state index is 0.0677. The third-order valence-corrected chi connectivity index (χ3v) is 7.50. The van der Waals surface area contributed by atoms with Crippen molar-refractivity contribution in [1.82, 2.24) is 25.3 Å². The van der Waals surface area contributed by atoms with Gasteiger partial charge >= 0.3 is 0 Å². The van der Waals surface area contributed by atoms with Crippen molar-refractivity contribution in [2.75, 3.05) is 32.8 Å². The van der Waals surface area contributed by atoms with Crippen LogP contribution in [-0.2, 0) is 32.6 Å². The van der Waals surface area contributed by atoms with E-state index in [1.54, 1.807) is 6.92 Å². The highest BCUT2D eigenvalue weighted by atomic mass is 16.5. The summed E-state index contributed by atoms with van der Waals surface area (Å²) in [5.41, 5.74) is 2.67. The van der Waals surface area contributed by atoms with Gasteiger partial charge in [-0.2, -0.15) is 5.10 Å². The maximum Gasteiger partial charge on any atom is 0.242 e. The monoisotopic (exact) mass is 475 g/mol. The highest BCUT2D eigenvalue weighted by Crippen LogP contribution is 2.37. The molecule has 2 saturated heterocycles. The number of hydrogen-bond acceptors (Lipinski definition) is 5. The second-order valence-corrected chi connectivity index (χ2v) is 9.84. The zero-order valence-electron chi connectivity index (χ0n) is 21.2. The van der Waals surface area contributed by atoms with E-state index in [-0.39, 0.29) is 17.7 Å². The molecule has 2 N–H and O–H groups in total. The van der Waals surface area contributed by atoms with E-state index in [1.165, 1.54) is 0 Å². The van der Waals surface area contributed by atoms with Crippen LogP contribution in [0.5, 0.6) is 0 Å². The molecule has 9 nitrogen and oxygen atoms in total. The fraction of sp³-hybridized carbons (Fsp3) is 0.760. The Balaban J connectivity index is 1.60. The predicted molar refractivity (Wildman–Crippen MR) is 129 cm³/mol. The molecule has 2 aliphatic heterocycles. The Bertz CT molecular complexity index is 873. The van der Waals surface area contributed by atoms with Crippen LogP contribution >= 0.6 is 0 Å². The number of nitrogens with one attached hydrogen (secondary N) is 2. The van der Waals surface area contributed by atoms with Crippen molar-refractivity contribution in [2.24, 2.45) is 12.5 Å². The van der Waals surface area contributed by atoms with Gasteiger partial charge in [-0.25, -0.2) is 0 Å². The van der Waals surface area contributed by atoms with Crippen molar-refractivity contribution >= 4 is 17.7 Å². The van der Waals surface area contributed by atoms with E-state index in [0.717, 1.165) is 42.6 Å². The zero-order valence-corrected chi connectivity index (χ0v) is 21.2. The molecule has 2 fully saturated rings. The summed E-state index contributed by atoms with van der Waals surface area (Å²) < 4.78 is 7.52. The van der Waals surface area contributed by atoms with Crippen LogP contribution in [0.25, 0.3) is 0 Å². The van der Waals surface area contributed by atoms with Crippen molar-refractivity contribution in [3.8, 4) is 0 Å². The fourth-order valence-corrected chi connectivity index (χ4v) is 5.07. The highest BCUT2D eigenvalue weighted by Gasteiger charge is 2.42. The van der Waals surface area contributed by atoms with E-state index >= 15 is 0 Å². The second kappa shape index (κ2) is 11.8. The molecule has 1 spiro atoms. The van der Waals surface area contributed by atoms with Crippen molar-refractivity contribution in [2.45, 2.75) is 78.2 Å². The quantitative estimate of drug-likeness (QED) is 0.693. The Morgan fingerprint density at radius 2 is 1.82 bits per heavy atom. The van der Waals surface area contributed by atoms with Crippen molar-refractivity contribution in [1.29, 1.82) is 0 Å². The number of piperidine rings is 1. The average Bonchev–Trinajstić information content (AvgIpc) is 3.06. The summed E-state index contributed by atoms with van der Waals surface area (Å²) in [7, 11) is 1.92. The molecular formula is C25H41N5O4. The van der Waals surface area contributed by atoms with E-state index in [4.69, 9.17) is 4.74 Å². The van der Waals surface area contributed by atoms with Crippen LogP contribution in [0.15, 0.2) is 0 Å². The molecule has 0 unspecified atom stereocenters. The first-order valence-electron chi connectivity index (χ1n) is 12.7. The van der Waals surface area contributed by atoms with Crippen molar-refractivity contribution < 1.29 is 19.1 Å². The van der Waals surface area contributed by atoms with Crippen LogP contribution in [-0.4, -0.2) is 71.3 Å². The number of nitrogens with zero attached hydrogens (tertiary/aromatic N) is 3. The smallest absolute Gasteiger partial charge is 0.242 e. The van der Waals surface area contributed by atoms with Gasteiger partial charge < -0.3 is 20.3 Å². The summed E-state index contributed by atoms with van der Waals surface area (Å²) in [4.78, 5) is 40.5. The van der Waals surface area contributed by atoms with Gasteiger partial charge in [0.2, 0.25) is 17.7 Å². The molecule has 1 aromatic rings. The van der Waals surface area contributed by atoms with Gasteiger partial charge in [-0.15, -0.1) is 0 Å². The minimum atomic E-state index is -0.584. The summed E-state index contributed by atoms with van der Waals surface area (Å²) in [6.07, 6.45) is 5.66. The second-order valence-electron chi connectivity index (χ2n) is 9.84. The Labute approximate surface area is 203 Å². The van der Waals surface area contributed by atoms with Crippen LogP contribution < -0.4 is 10.6 Å². The Kier molecular flexibility index (Phi) is 9.10. The molecule has 1 aromatic heterocycles. The lowest BCUT2D eigenvalue weighted by Gasteiger charge is -2.41. The largest absolute Gasteiger partial charge is 0.381 e. The molecule has 3 amide bonds. The molecule has 190 valence electrons. The van der Waals surface area contributed by atoms with E-state index in [0.29, 0.717) is 58.5 Å². The number of aromatic nitrogens is 2. The van der Waals surface area contributed by atoms with Crippen LogP contribution in [0.2, 0.25) is 0 Å². The topological polar surface area (TPSA) is 106 Å². The first kappa shape index (κ1) is 26.2. The van der Waals surface area contributed by atoms with Gasteiger partial charge in [-0.05, 0) is 64.9 Å². The molecule has 34 heavy (non-hydrogen) atoms. The average molecular weight is 476 g/mol. The number of likely N-dealkylation sites (tertiary alicyclic amines) is 1. The van der Waals surface area contributed by atoms with Crippen LogP contribution in [0, 0.1) is 19.3 Å². The summed E-state index contributed by atoms with van der Waals surface area (Å²) in [6, 6.07) is -0.584. The first-order chi connectivity index (χ1) is 16.2. The Hall–Kier alpha value is -2.42. The third kappa shape index (κ3) is 6.37. The first-order valence-corrected chi connectivity index (χ1v) is 12.7. The maximum absolute atomic E-state index is 13.3. The molecule has 0 bridgehead atoms. The normalized spacial score (nSPS) is 22.7. The molecule has 3 rings (SSSR count). The van der Waals surface area contributed by atoms with Gasteiger partial charge in [-0.1, -0.05) is 6.42 Å². The summed E-state index contributed by atoms with van der Waals surface area (Å²) in [6.45, 7) is 8.70. The molecule has 0 radical (unpaired) electrons. The van der Waals surface area contributed by atoms with Crippen molar-refractivity contribution in [3.05, 3.63) is 17.0 Å². The maximum atomic E-state index is 13.3. The van der Waals surface area contributed by atoms with Gasteiger partial charge in [0, 0.05) is 52.0 Å². The van der Waals surface area contributed by atoms with Crippen molar-refractivity contribution in [3.63, 3.8) is 0 Å². The number of hydrogen-bond donors (Lipinski definition) is 2.